The van der Waals surface area contributed by atoms with Crippen molar-refractivity contribution in [2.24, 2.45) is 0 Å². The highest BCUT2D eigenvalue weighted by atomic mass is 79.9. The molecular formula is C14H21BrN4O. The molecule has 1 aromatic heterocycles. The molecule has 2 N–H and O–H groups in total. The van der Waals surface area contributed by atoms with Crippen LogP contribution in [0.4, 0.5) is 5.82 Å². The summed E-state index contributed by atoms with van der Waals surface area (Å²) in [4.78, 5) is 18.8. The Morgan fingerprint density at radius 3 is 3.05 bits per heavy atom. The molecule has 0 radical (unpaired) electrons. The van der Waals surface area contributed by atoms with E-state index in [0.29, 0.717) is 24.0 Å². The van der Waals surface area contributed by atoms with Crippen molar-refractivity contribution in [1.29, 1.82) is 0 Å². The van der Waals surface area contributed by atoms with Gasteiger partial charge in [0.2, 0.25) is 0 Å². The summed E-state index contributed by atoms with van der Waals surface area (Å²) in [6.45, 7) is 1.80. The van der Waals surface area contributed by atoms with Crippen LogP contribution in [0.1, 0.15) is 29.6 Å². The highest BCUT2D eigenvalue weighted by Gasteiger charge is 2.20. The first-order valence-electron chi connectivity index (χ1n) is 6.93. The number of anilines is 1. The molecule has 0 bridgehead atoms. The highest BCUT2D eigenvalue weighted by molar-refractivity contribution is 9.10. The Bertz CT molecular complexity index is 480. The van der Waals surface area contributed by atoms with Crippen LogP contribution in [0.2, 0.25) is 0 Å². The van der Waals surface area contributed by atoms with Crippen LogP contribution >= 0.6 is 15.9 Å². The normalized spacial score (nSPS) is 19.6. The van der Waals surface area contributed by atoms with Crippen molar-refractivity contribution in [3.05, 3.63) is 22.3 Å². The van der Waals surface area contributed by atoms with E-state index >= 15 is 0 Å². The number of hydrogen-bond acceptors (Lipinski definition) is 4. The number of halogens is 1. The van der Waals surface area contributed by atoms with Gasteiger partial charge in [0.25, 0.3) is 5.91 Å². The molecule has 5 nitrogen and oxygen atoms in total. The lowest BCUT2D eigenvalue weighted by molar-refractivity contribution is 0.0929. The standard InChI is InChI=1S/C14H21BrN4O/c1-16-13-12(7-10(15)8-17-13)14(20)18-9-11-5-3-4-6-19(11)2/h7-8,11H,3-6,9H2,1-2H3,(H,16,17)(H,18,20). The summed E-state index contributed by atoms with van der Waals surface area (Å²) < 4.78 is 0.802. The maximum atomic E-state index is 12.3. The Hall–Kier alpha value is -1.14. The van der Waals surface area contributed by atoms with Crippen molar-refractivity contribution in [2.75, 3.05) is 32.5 Å². The van der Waals surface area contributed by atoms with E-state index in [1.807, 2.05) is 0 Å². The lowest BCUT2D eigenvalue weighted by Crippen LogP contribution is -2.44. The SMILES string of the molecule is CNc1ncc(Br)cc1C(=O)NCC1CCCCN1C. The van der Waals surface area contributed by atoms with Gasteiger partial charge in [-0.2, -0.15) is 0 Å². The fourth-order valence-corrected chi connectivity index (χ4v) is 2.85. The highest BCUT2D eigenvalue weighted by Crippen LogP contribution is 2.18. The molecule has 0 spiro atoms. The Kier molecular flexibility index (Phi) is 5.37. The third kappa shape index (κ3) is 3.70. The molecule has 0 aliphatic carbocycles. The number of pyridine rings is 1. The van der Waals surface area contributed by atoms with E-state index in [2.05, 4.69) is 43.5 Å². The molecule has 0 aromatic carbocycles. The Labute approximate surface area is 128 Å². The van der Waals surface area contributed by atoms with Crippen LogP contribution in [-0.4, -0.2) is 49.0 Å². The molecule has 1 aliphatic rings. The summed E-state index contributed by atoms with van der Waals surface area (Å²) in [7, 11) is 3.89. The van der Waals surface area contributed by atoms with Crippen LogP contribution in [0.5, 0.6) is 0 Å². The van der Waals surface area contributed by atoms with Crippen molar-refractivity contribution in [1.82, 2.24) is 15.2 Å². The molecule has 1 unspecified atom stereocenters. The molecule has 0 saturated carbocycles. The molecule has 2 heterocycles. The Morgan fingerprint density at radius 2 is 2.35 bits per heavy atom. The zero-order chi connectivity index (χ0) is 14.5. The number of nitrogens with zero attached hydrogens (tertiary/aromatic N) is 2. The van der Waals surface area contributed by atoms with Crippen LogP contribution in [0.3, 0.4) is 0 Å². The summed E-state index contributed by atoms with van der Waals surface area (Å²) in [6, 6.07) is 2.23. The fraction of sp³-hybridized carbons (Fsp3) is 0.571. The maximum Gasteiger partial charge on any atom is 0.255 e. The largest absolute Gasteiger partial charge is 0.372 e. The number of likely N-dealkylation sites (tertiary alicyclic amines) is 1. The minimum atomic E-state index is -0.0814. The zero-order valence-electron chi connectivity index (χ0n) is 11.9. The second-order valence-electron chi connectivity index (χ2n) is 5.14. The van der Waals surface area contributed by atoms with Gasteiger partial charge in [0.05, 0.1) is 5.56 Å². The van der Waals surface area contributed by atoms with Crippen LogP contribution in [0, 0.1) is 0 Å². The molecule has 1 saturated heterocycles. The predicted molar refractivity (Wildman–Crippen MR) is 84.1 cm³/mol. The van der Waals surface area contributed by atoms with E-state index in [1.54, 1.807) is 19.3 Å². The minimum Gasteiger partial charge on any atom is -0.372 e. The number of amides is 1. The molecular weight excluding hydrogens is 320 g/mol. The number of carbonyl (C=O) groups excluding carboxylic acids is 1. The van der Waals surface area contributed by atoms with Gasteiger partial charge >= 0.3 is 0 Å². The number of rotatable bonds is 4. The van der Waals surface area contributed by atoms with Crippen LogP contribution in [-0.2, 0) is 0 Å². The van der Waals surface area contributed by atoms with Gasteiger partial charge in [-0.1, -0.05) is 6.42 Å². The van der Waals surface area contributed by atoms with E-state index in [1.165, 1.54) is 12.8 Å². The summed E-state index contributed by atoms with van der Waals surface area (Å²) >= 11 is 3.35. The predicted octanol–water partition coefficient (Wildman–Crippen LogP) is 2.10. The smallest absolute Gasteiger partial charge is 0.255 e. The van der Waals surface area contributed by atoms with Gasteiger partial charge in [-0.05, 0) is 48.4 Å². The summed E-state index contributed by atoms with van der Waals surface area (Å²) in [5.41, 5.74) is 0.570. The van der Waals surface area contributed by atoms with Gasteiger partial charge in [-0.25, -0.2) is 4.98 Å². The molecule has 110 valence electrons. The number of nitrogens with one attached hydrogen (secondary N) is 2. The molecule has 1 aliphatic heterocycles. The number of aromatic nitrogens is 1. The summed E-state index contributed by atoms with van der Waals surface area (Å²) in [6.07, 6.45) is 5.31. The monoisotopic (exact) mass is 340 g/mol. The van der Waals surface area contributed by atoms with E-state index in [-0.39, 0.29) is 5.91 Å². The number of piperidine rings is 1. The zero-order valence-corrected chi connectivity index (χ0v) is 13.5. The topological polar surface area (TPSA) is 57.3 Å². The molecule has 1 fully saturated rings. The van der Waals surface area contributed by atoms with Gasteiger partial charge in [0, 0.05) is 30.3 Å². The van der Waals surface area contributed by atoms with Crippen molar-refractivity contribution in [2.45, 2.75) is 25.3 Å². The maximum absolute atomic E-state index is 12.3. The van der Waals surface area contributed by atoms with Crippen molar-refractivity contribution in [3.8, 4) is 0 Å². The fourth-order valence-electron chi connectivity index (χ4n) is 2.52. The van der Waals surface area contributed by atoms with Gasteiger partial charge in [-0.3, -0.25) is 4.79 Å². The molecule has 6 heteroatoms. The lowest BCUT2D eigenvalue weighted by atomic mass is 10.0. The number of carbonyl (C=O) groups is 1. The Balaban J connectivity index is 1.99. The van der Waals surface area contributed by atoms with Gasteiger partial charge in [0.15, 0.2) is 0 Å². The van der Waals surface area contributed by atoms with Crippen LogP contribution in [0.25, 0.3) is 0 Å². The van der Waals surface area contributed by atoms with E-state index in [4.69, 9.17) is 0 Å². The van der Waals surface area contributed by atoms with Crippen molar-refractivity contribution < 1.29 is 4.79 Å². The molecule has 20 heavy (non-hydrogen) atoms. The average Bonchev–Trinajstić information content (AvgIpc) is 2.46. The van der Waals surface area contributed by atoms with Gasteiger partial charge < -0.3 is 15.5 Å². The number of hydrogen-bond donors (Lipinski definition) is 2. The van der Waals surface area contributed by atoms with Gasteiger partial charge in [-0.15, -0.1) is 0 Å². The second-order valence-corrected chi connectivity index (χ2v) is 6.06. The van der Waals surface area contributed by atoms with E-state index < -0.39 is 0 Å². The molecule has 1 aromatic rings. The number of likely N-dealkylation sites (N-methyl/N-ethyl adjacent to an activating group) is 1. The van der Waals surface area contributed by atoms with Gasteiger partial charge in [0.1, 0.15) is 5.82 Å². The van der Waals surface area contributed by atoms with Crippen LogP contribution in [0.15, 0.2) is 16.7 Å². The Morgan fingerprint density at radius 1 is 1.55 bits per heavy atom. The summed E-state index contributed by atoms with van der Waals surface area (Å²) in [5, 5.41) is 5.97. The first kappa shape index (κ1) is 15.3. The van der Waals surface area contributed by atoms with Crippen molar-refractivity contribution in [3.63, 3.8) is 0 Å². The first-order chi connectivity index (χ1) is 9.61. The summed E-state index contributed by atoms with van der Waals surface area (Å²) in [5.74, 6) is 0.518. The quantitative estimate of drug-likeness (QED) is 0.881. The third-order valence-electron chi connectivity index (χ3n) is 3.76. The van der Waals surface area contributed by atoms with E-state index in [9.17, 15) is 4.79 Å². The lowest BCUT2D eigenvalue weighted by Gasteiger charge is -2.32. The second kappa shape index (κ2) is 7.04. The third-order valence-corrected chi connectivity index (χ3v) is 4.19. The first-order valence-corrected chi connectivity index (χ1v) is 7.73. The minimum absolute atomic E-state index is 0.0814. The molecule has 1 atom stereocenters. The molecule has 2 rings (SSSR count). The van der Waals surface area contributed by atoms with Crippen molar-refractivity contribution >= 4 is 27.7 Å². The van der Waals surface area contributed by atoms with E-state index in [0.717, 1.165) is 17.4 Å². The average molecular weight is 341 g/mol. The molecule has 1 amide bonds. The van der Waals surface area contributed by atoms with Crippen LogP contribution < -0.4 is 10.6 Å².